The molecule has 0 rings (SSSR count). The van der Waals surface area contributed by atoms with Gasteiger partial charge >= 0.3 is 0 Å². The summed E-state index contributed by atoms with van der Waals surface area (Å²) in [6.45, 7) is 5.26. The average molecular weight is 104 g/mol. The van der Waals surface area contributed by atoms with Crippen LogP contribution in [0.5, 0.6) is 0 Å². The smallest absolute Gasteiger partial charge is 0.0960 e. The van der Waals surface area contributed by atoms with E-state index in [4.69, 9.17) is 0 Å². The van der Waals surface area contributed by atoms with E-state index in [1.165, 1.54) is 5.82 Å². The second-order valence-corrected chi connectivity index (χ2v) is 3.07. The van der Waals surface area contributed by atoms with E-state index in [0.717, 1.165) is 6.16 Å². The summed E-state index contributed by atoms with van der Waals surface area (Å²) in [5.41, 5.74) is 0. The van der Waals surface area contributed by atoms with Crippen molar-refractivity contribution in [1.29, 1.82) is 0 Å². The van der Waals surface area contributed by atoms with Gasteiger partial charge in [-0.05, 0) is 12.0 Å². The molecule has 0 heterocycles. The van der Waals surface area contributed by atoms with Crippen LogP contribution < -0.4 is 0 Å². The summed E-state index contributed by atoms with van der Waals surface area (Å²) >= 11 is 0. The lowest BCUT2D eigenvalue weighted by Gasteiger charge is -1.78. The Morgan fingerprint density at radius 1 is 2.00 bits per heavy atom. The van der Waals surface area contributed by atoms with E-state index >= 15 is 0 Å². The van der Waals surface area contributed by atoms with Gasteiger partial charge in [-0.2, -0.15) is 0 Å². The molecule has 0 saturated heterocycles. The highest BCUT2D eigenvalue weighted by Gasteiger charge is 1.79. The second kappa shape index (κ2) is 3.17. The molecule has 0 aliphatic heterocycles. The minimum absolute atomic E-state index is 0.758. The predicted molar refractivity (Wildman–Crippen MR) is 29.7 cm³/mol. The van der Waals surface area contributed by atoms with Gasteiger partial charge in [-0.25, -0.2) is 0 Å². The van der Waals surface area contributed by atoms with Crippen LogP contribution in [0.15, 0.2) is 12.4 Å². The van der Waals surface area contributed by atoms with Gasteiger partial charge in [0, 0.05) is 0 Å². The molecule has 0 aliphatic rings. The SMILES string of the molecule is C=C[PH](=O)CC. The quantitative estimate of drug-likeness (QED) is 0.487. The monoisotopic (exact) mass is 104 g/mol. The zero-order valence-corrected chi connectivity index (χ0v) is 4.90. The van der Waals surface area contributed by atoms with Gasteiger partial charge in [0.1, 0.15) is 0 Å². The Kier molecular flexibility index (Phi) is 3.16. The minimum Gasteiger partial charge on any atom is -0.323 e. The maximum atomic E-state index is 10.2. The molecule has 1 unspecified atom stereocenters. The number of rotatable bonds is 2. The molecule has 0 aliphatic carbocycles. The van der Waals surface area contributed by atoms with E-state index in [1.807, 2.05) is 6.92 Å². The Bertz CT molecular complexity index is 67.9. The first-order valence-electron chi connectivity index (χ1n) is 1.96. The van der Waals surface area contributed by atoms with Crippen LogP contribution in [0.4, 0.5) is 0 Å². The topological polar surface area (TPSA) is 17.1 Å². The summed E-state index contributed by atoms with van der Waals surface area (Å²) in [7, 11) is -1.35. The molecule has 0 N–H and O–H groups in total. The van der Waals surface area contributed by atoms with Gasteiger partial charge in [-0.1, -0.05) is 13.5 Å². The Balaban J connectivity index is 3.23. The lowest BCUT2D eigenvalue weighted by Crippen LogP contribution is -1.54. The Morgan fingerprint density at radius 3 is 2.50 bits per heavy atom. The van der Waals surface area contributed by atoms with Crippen LogP contribution in [0.3, 0.4) is 0 Å². The fourth-order valence-electron chi connectivity index (χ4n) is 0.144. The maximum Gasteiger partial charge on any atom is 0.0960 e. The molecule has 0 amide bonds. The van der Waals surface area contributed by atoms with E-state index in [1.54, 1.807) is 0 Å². The van der Waals surface area contributed by atoms with Crippen molar-refractivity contribution in [3.63, 3.8) is 0 Å². The third-order valence-corrected chi connectivity index (χ3v) is 1.73. The van der Waals surface area contributed by atoms with Crippen LogP contribution >= 0.6 is 7.80 Å². The zero-order valence-electron chi connectivity index (χ0n) is 3.90. The number of hydrogen-bond donors (Lipinski definition) is 0. The standard InChI is InChI=1S/C4H9OP/c1-3-6(5)4-2/h3,6H,1,4H2,2H3. The molecule has 0 aromatic heterocycles. The van der Waals surface area contributed by atoms with E-state index < -0.39 is 7.80 Å². The second-order valence-electron chi connectivity index (χ2n) is 1.02. The molecule has 1 atom stereocenters. The van der Waals surface area contributed by atoms with Crippen LogP contribution in [-0.4, -0.2) is 6.16 Å². The predicted octanol–water partition coefficient (Wildman–Crippen LogP) is 1.71. The summed E-state index contributed by atoms with van der Waals surface area (Å²) < 4.78 is 10.2. The molecule has 0 aromatic carbocycles. The van der Waals surface area contributed by atoms with Gasteiger partial charge in [0.2, 0.25) is 0 Å². The van der Waals surface area contributed by atoms with Crippen LogP contribution in [-0.2, 0) is 4.57 Å². The van der Waals surface area contributed by atoms with Crippen molar-refractivity contribution in [3.05, 3.63) is 12.4 Å². The van der Waals surface area contributed by atoms with Gasteiger partial charge in [0.25, 0.3) is 0 Å². The summed E-state index contributed by atoms with van der Waals surface area (Å²) in [6, 6.07) is 0. The molecule has 0 saturated carbocycles. The molecule has 0 radical (unpaired) electrons. The summed E-state index contributed by atoms with van der Waals surface area (Å²) in [5.74, 6) is 1.52. The fourth-order valence-corrected chi connectivity index (χ4v) is 0.433. The van der Waals surface area contributed by atoms with Gasteiger partial charge in [-0.3, -0.25) is 0 Å². The highest BCUT2D eigenvalue weighted by molar-refractivity contribution is 7.48. The Morgan fingerprint density at radius 2 is 2.50 bits per heavy atom. The van der Waals surface area contributed by atoms with Crippen molar-refractivity contribution in [2.75, 3.05) is 6.16 Å². The highest BCUT2D eigenvalue weighted by Crippen LogP contribution is 2.18. The maximum absolute atomic E-state index is 10.2. The van der Waals surface area contributed by atoms with Gasteiger partial charge in [0.15, 0.2) is 0 Å². The molecular formula is C4H9OP. The molecule has 36 valence electrons. The Labute approximate surface area is 38.8 Å². The molecule has 0 bridgehead atoms. The zero-order chi connectivity index (χ0) is 4.99. The molecule has 2 heteroatoms. The molecule has 6 heavy (non-hydrogen) atoms. The average Bonchev–Trinajstić information content (AvgIpc) is 1.65. The lowest BCUT2D eigenvalue weighted by atomic mass is 11.0. The third-order valence-electron chi connectivity index (χ3n) is 0.576. The van der Waals surface area contributed by atoms with Crippen molar-refractivity contribution in [2.24, 2.45) is 0 Å². The van der Waals surface area contributed by atoms with Crippen molar-refractivity contribution in [1.82, 2.24) is 0 Å². The molecular weight excluding hydrogens is 95.0 g/mol. The fraction of sp³-hybridized carbons (Fsp3) is 0.500. The van der Waals surface area contributed by atoms with Crippen molar-refractivity contribution < 1.29 is 4.57 Å². The van der Waals surface area contributed by atoms with E-state index in [-0.39, 0.29) is 0 Å². The summed E-state index contributed by atoms with van der Waals surface area (Å²) in [5, 5.41) is 0. The van der Waals surface area contributed by atoms with E-state index in [2.05, 4.69) is 6.58 Å². The Hall–Kier alpha value is -0.0300. The van der Waals surface area contributed by atoms with Gasteiger partial charge in [0.05, 0.1) is 7.80 Å². The molecule has 0 spiro atoms. The first kappa shape index (κ1) is 5.97. The van der Waals surface area contributed by atoms with Crippen LogP contribution in [0.2, 0.25) is 0 Å². The first-order valence-corrected chi connectivity index (χ1v) is 3.65. The number of hydrogen-bond acceptors (Lipinski definition) is 1. The molecule has 1 nitrogen and oxygen atoms in total. The molecule has 0 aromatic rings. The van der Waals surface area contributed by atoms with Crippen LogP contribution in [0.1, 0.15) is 6.92 Å². The highest BCUT2D eigenvalue weighted by atomic mass is 31.1. The van der Waals surface area contributed by atoms with Crippen LogP contribution in [0, 0.1) is 0 Å². The van der Waals surface area contributed by atoms with Crippen molar-refractivity contribution >= 4 is 7.80 Å². The van der Waals surface area contributed by atoms with Crippen molar-refractivity contribution in [3.8, 4) is 0 Å². The van der Waals surface area contributed by atoms with E-state index in [0.29, 0.717) is 0 Å². The van der Waals surface area contributed by atoms with Crippen molar-refractivity contribution in [2.45, 2.75) is 6.92 Å². The molecule has 0 fully saturated rings. The summed E-state index contributed by atoms with van der Waals surface area (Å²) in [6.07, 6.45) is 0.758. The normalized spacial score (nSPS) is 13.5. The van der Waals surface area contributed by atoms with E-state index in [9.17, 15) is 4.57 Å². The largest absolute Gasteiger partial charge is 0.323 e. The first-order chi connectivity index (χ1) is 2.81. The van der Waals surface area contributed by atoms with Gasteiger partial charge < -0.3 is 4.57 Å². The minimum atomic E-state index is -1.35. The third kappa shape index (κ3) is 2.22. The summed E-state index contributed by atoms with van der Waals surface area (Å²) in [4.78, 5) is 0. The van der Waals surface area contributed by atoms with Crippen LogP contribution in [0.25, 0.3) is 0 Å². The lowest BCUT2D eigenvalue weighted by molar-refractivity contribution is 0.593. The van der Waals surface area contributed by atoms with Gasteiger partial charge in [-0.15, -0.1) is 0 Å².